The standard InChI is InChI=1S/C16H14FN3O2/c1-10-14(9-22-20-10)19-16-5-3-4-13(18-16)12-8-11(17)6-7-15(12)21-2/h3-9H,1-2H3,(H,18,19). The Hall–Kier alpha value is -2.89. The number of nitrogens with zero attached hydrogens (tertiary/aromatic N) is 2. The van der Waals surface area contributed by atoms with Crippen molar-refractivity contribution >= 4 is 11.5 Å². The molecule has 0 spiro atoms. The van der Waals surface area contributed by atoms with Crippen LogP contribution in [0.25, 0.3) is 11.3 Å². The molecule has 2 heterocycles. The molecule has 0 aliphatic carbocycles. The van der Waals surface area contributed by atoms with Crippen LogP contribution < -0.4 is 10.1 Å². The van der Waals surface area contributed by atoms with E-state index in [4.69, 9.17) is 9.26 Å². The summed E-state index contributed by atoms with van der Waals surface area (Å²) in [5.74, 6) is 0.827. The van der Waals surface area contributed by atoms with Gasteiger partial charge in [-0.15, -0.1) is 0 Å². The van der Waals surface area contributed by atoms with Gasteiger partial charge in [-0.05, 0) is 37.3 Å². The lowest BCUT2D eigenvalue weighted by molar-refractivity contribution is 0.415. The molecule has 1 aromatic carbocycles. The van der Waals surface area contributed by atoms with E-state index in [0.717, 1.165) is 11.4 Å². The van der Waals surface area contributed by atoms with Crippen molar-refractivity contribution in [3.05, 3.63) is 54.2 Å². The molecule has 1 N–H and O–H groups in total. The van der Waals surface area contributed by atoms with Crippen LogP contribution in [0.4, 0.5) is 15.9 Å². The van der Waals surface area contributed by atoms with Gasteiger partial charge in [0.15, 0.2) is 0 Å². The highest BCUT2D eigenvalue weighted by atomic mass is 19.1. The molecule has 2 aromatic heterocycles. The summed E-state index contributed by atoms with van der Waals surface area (Å²) in [7, 11) is 1.54. The second-order valence-electron chi connectivity index (χ2n) is 4.69. The number of aryl methyl sites for hydroxylation is 1. The van der Waals surface area contributed by atoms with Crippen LogP contribution in [0.5, 0.6) is 5.75 Å². The maximum absolute atomic E-state index is 13.5. The molecule has 0 saturated carbocycles. The molecule has 0 aliphatic heterocycles. The van der Waals surface area contributed by atoms with Crippen LogP contribution in [0.15, 0.2) is 47.2 Å². The number of methoxy groups -OCH3 is 1. The van der Waals surface area contributed by atoms with E-state index in [9.17, 15) is 4.39 Å². The molecule has 22 heavy (non-hydrogen) atoms. The van der Waals surface area contributed by atoms with E-state index in [1.807, 2.05) is 19.1 Å². The Balaban J connectivity index is 1.98. The highest BCUT2D eigenvalue weighted by Gasteiger charge is 2.10. The van der Waals surface area contributed by atoms with Crippen molar-refractivity contribution in [1.82, 2.24) is 10.1 Å². The van der Waals surface area contributed by atoms with Gasteiger partial charge in [0.1, 0.15) is 35.0 Å². The Bertz CT molecular complexity index is 802. The van der Waals surface area contributed by atoms with Gasteiger partial charge in [0, 0.05) is 5.56 Å². The minimum Gasteiger partial charge on any atom is -0.496 e. The van der Waals surface area contributed by atoms with Crippen molar-refractivity contribution in [2.45, 2.75) is 6.92 Å². The number of anilines is 2. The Morgan fingerprint density at radius 3 is 2.82 bits per heavy atom. The van der Waals surface area contributed by atoms with E-state index in [-0.39, 0.29) is 5.82 Å². The molecule has 0 amide bonds. The number of halogens is 1. The minimum absolute atomic E-state index is 0.342. The molecular weight excluding hydrogens is 285 g/mol. The molecule has 5 nitrogen and oxygen atoms in total. The second kappa shape index (κ2) is 5.85. The zero-order valence-corrected chi connectivity index (χ0v) is 12.1. The van der Waals surface area contributed by atoms with E-state index in [0.29, 0.717) is 22.8 Å². The third-order valence-electron chi connectivity index (χ3n) is 3.20. The fourth-order valence-electron chi connectivity index (χ4n) is 2.09. The Kier molecular flexibility index (Phi) is 3.74. The summed E-state index contributed by atoms with van der Waals surface area (Å²) in [5.41, 5.74) is 2.66. The van der Waals surface area contributed by atoms with Crippen molar-refractivity contribution in [2.75, 3.05) is 12.4 Å². The number of rotatable bonds is 4. The van der Waals surface area contributed by atoms with Gasteiger partial charge >= 0.3 is 0 Å². The van der Waals surface area contributed by atoms with E-state index in [1.165, 1.54) is 18.4 Å². The SMILES string of the molecule is COc1ccc(F)cc1-c1cccc(Nc2conc2C)n1. The largest absolute Gasteiger partial charge is 0.496 e. The maximum atomic E-state index is 13.5. The van der Waals surface area contributed by atoms with E-state index in [2.05, 4.69) is 15.5 Å². The van der Waals surface area contributed by atoms with Gasteiger partial charge in [0.25, 0.3) is 0 Å². The first-order valence-electron chi connectivity index (χ1n) is 6.66. The van der Waals surface area contributed by atoms with Gasteiger partial charge in [0.05, 0.1) is 12.8 Å². The molecule has 0 unspecified atom stereocenters. The zero-order valence-electron chi connectivity index (χ0n) is 12.1. The normalized spacial score (nSPS) is 10.5. The summed E-state index contributed by atoms with van der Waals surface area (Å²) in [4.78, 5) is 4.48. The average molecular weight is 299 g/mol. The van der Waals surface area contributed by atoms with Crippen LogP contribution in [0.1, 0.15) is 5.69 Å². The van der Waals surface area contributed by atoms with Gasteiger partial charge in [-0.2, -0.15) is 0 Å². The predicted octanol–water partition coefficient (Wildman–Crippen LogP) is 3.94. The fourth-order valence-corrected chi connectivity index (χ4v) is 2.09. The van der Waals surface area contributed by atoms with Crippen LogP contribution in [0.2, 0.25) is 0 Å². The van der Waals surface area contributed by atoms with Gasteiger partial charge < -0.3 is 14.6 Å². The first-order chi connectivity index (χ1) is 10.7. The summed E-state index contributed by atoms with van der Waals surface area (Å²) < 4.78 is 23.7. The lowest BCUT2D eigenvalue weighted by atomic mass is 10.1. The van der Waals surface area contributed by atoms with E-state index >= 15 is 0 Å². The number of benzene rings is 1. The number of hydrogen-bond acceptors (Lipinski definition) is 5. The maximum Gasteiger partial charge on any atom is 0.147 e. The third kappa shape index (κ3) is 2.76. The van der Waals surface area contributed by atoms with Gasteiger partial charge in [-0.1, -0.05) is 11.2 Å². The second-order valence-corrected chi connectivity index (χ2v) is 4.69. The van der Waals surface area contributed by atoms with Crippen LogP contribution in [0, 0.1) is 12.7 Å². The summed E-state index contributed by atoms with van der Waals surface area (Å²) >= 11 is 0. The number of hydrogen-bond donors (Lipinski definition) is 1. The summed E-state index contributed by atoms with van der Waals surface area (Å²) in [6, 6.07) is 9.76. The van der Waals surface area contributed by atoms with Gasteiger partial charge in [0.2, 0.25) is 0 Å². The molecule has 3 rings (SSSR count). The lowest BCUT2D eigenvalue weighted by Crippen LogP contribution is -1.96. The lowest BCUT2D eigenvalue weighted by Gasteiger charge is -2.10. The van der Waals surface area contributed by atoms with E-state index in [1.54, 1.807) is 19.2 Å². The highest BCUT2D eigenvalue weighted by molar-refractivity contribution is 5.69. The van der Waals surface area contributed by atoms with Crippen LogP contribution in [-0.4, -0.2) is 17.3 Å². The van der Waals surface area contributed by atoms with Crippen LogP contribution in [0.3, 0.4) is 0 Å². The topological polar surface area (TPSA) is 60.2 Å². The third-order valence-corrected chi connectivity index (χ3v) is 3.20. The van der Waals surface area contributed by atoms with Crippen molar-refractivity contribution in [3.8, 4) is 17.0 Å². The first kappa shape index (κ1) is 14.1. The van der Waals surface area contributed by atoms with Crippen molar-refractivity contribution in [3.63, 3.8) is 0 Å². The summed E-state index contributed by atoms with van der Waals surface area (Å²) in [6.45, 7) is 1.82. The minimum atomic E-state index is -0.342. The first-order valence-corrected chi connectivity index (χ1v) is 6.66. The molecule has 6 heteroatoms. The van der Waals surface area contributed by atoms with Crippen LogP contribution >= 0.6 is 0 Å². The quantitative estimate of drug-likeness (QED) is 0.790. The van der Waals surface area contributed by atoms with Crippen LogP contribution in [-0.2, 0) is 0 Å². The molecule has 0 saturated heterocycles. The van der Waals surface area contributed by atoms with Gasteiger partial charge in [-0.3, -0.25) is 0 Å². The van der Waals surface area contributed by atoms with Crippen molar-refractivity contribution in [2.24, 2.45) is 0 Å². The molecule has 112 valence electrons. The number of ether oxygens (including phenoxy) is 1. The molecule has 0 radical (unpaired) electrons. The molecule has 0 aliphatic rings. The van der Waals surface area contributed by atoms with Crippen molar-refractivity contribution < 1.29 is 13.7 Å². The number of aromatic nitrogens is 2. The van der Waals surface area contributed by atoms with E-state index < -0.39 is 0 Å². The average Bonchev–Trinajstić information content (AvgIpc) is 2.93. The zero-order chi connectivity index (χ0) is 15.5. The molecule has 0 fully saturated rings. The highest BCUT2D eigenvalue weighted by Crippen LogP contribution is 2.30. The molecule has 0 atom stereocenters. The summed E-state index contributed by atoms with van der Waals surface area (Å²) in [6.07, 6.45) is 1.51. The van der Waals surface area contributed by atoms with Gasteiger partial charge in [-0.25, -0.2) is 9.37 Å². The monoisotopic (exact) mass is 299 g/mol. The summed E-state index contributed by atoms with van der Waals surface area (Å²) in [5, 5.41) is 6.91. The smallest absolute Gasteiger partial charge is 0.147 e. The predicted molar refractivity (Wildman–Crippen MR) is 80.7 cm³/mol. The molecule has 0 bridgehead atoms. The Morgan fingerprint density at radius 2 is 2.09 bits per heavy atom. The fraction of sp³-hybridized carbons (Fsp3) is 0.125. The Labute approximate surface area is 126 Å². The number of nitrogens with one attached hydrogen (secondary N) is 1. The molecule has 3 aromatic rings. The Morgan fingerprint density at radius 1 is 1.23 bits per heavy atom. The number of pyridine rings is 1. The van der Waals surface area contributed by atoms with Crippen molar-refractivity contribution in [1.29, 1.82) is 0 Å². The molecular formula is C16H14FN3O2.